The highest BCUT2D eigenvalue weighted by atomic mass is 19.2. The van der Waals surface area contributed by atoms with Crippen LogP contribution in [0.3, 0.4) is 0 Å². The summed E-state index contributed by atoms with van der Waals surface area (Å²) in [4.78, 5) is 0. The molecule has 0 amide bonds. The zero-order valence-corrected chi connectivity index (χ0v) is 10.1. The predicted octanol–water partition coefficient (Wildman–Crippen LogP) is 3.71. The minimum atomic E-state index is -0.918. The molecule has 4 heteroatoms. The molecule has 0 saturated carbocycles. The molecule has 2 aromatic rings. The van der Waals surface area contributed by atoms with Crippen LogP contribution in [-0.4, -0.2) is 0 Å². The van der Waals surface area contributed by atoms with Gasteiger partial charge in [-0.3, -0.25) is 0 Å². The van der Waals surface area contributed by atoms with Crippen LogP contribution in [0, 0.1) is 11.6 Å². The van der Waals surface area contributed by atoms with Crippen LogP contribution in [0.2, 0.25) is 0 Å². The third kappa shape index (κ3) is 2.37. The van der Waals surface area contributed by atoms with E-state index in [-0.39, 0.29) is 5.56 Å². The molecule has 2 nitrogen and oxygen atoms in total. The van der Waals surface area contributed by atoms with Gasteiger partial charge in [0.25, 0.3) is 0 Å². The lowest BCUT2D eigenvalue weighted by atomic mass is 10.1. The fraction of sp³-hybridized carbons (Fsp3) is 0.200. The van der Waals surface area contributed by atoms with E-state index in [1.807, 2.05) is 24.3 Å². The first kappa shape index (κ1) is 12.3. The van der Waals surface area contributed by atoms with Gasteiger partial charge in [-0.25, -0.2) is 8.78 Å². The lowest BCUT2D eigenvalue weighted by molar-refractivity contribution is -0.155. The van der Waals surface area contributed by atoms with E-state index in [1.54, 1.807) is 0 Å². The normalized spacial score (nSPS) is 15.9. The second-order valence-corrected chi connectivity index (χ2v) is 4.37. The van der Waals surface area contributed by atoms with Crippen LogP contribution in [0.1, 0.15) is 23.0 Å². The highest BCUT2D eigenvalue weighted by Crippen LogP contribution is 2.29. The Balaban J connectivity index is 1.88. The van der Waals surface area contributed by atoms with E-state index in [0.717, 1.165) is 17.2 Å². The molecule has 0 fully saturated rings. The molecule has 0 spiro atoms. The Labute approximate surface area is 109 Å². The third-order valence-corrected chi connectivity index (χ3v) is 3.13. The molecule has 2 aromatic carbocycles. The highest BCUT2D eigenvalue weighted by Gasteiger charge is 2.22. The van der Waals surface area contributed by atoms with Crippen LogP contribution in [0.25, 0.3) is 0 Å². The maximum atomic E-state index is 13.7. The number of hydrogen-bond acceptors (Lipinski definition) is 2. The second kappa shape index (κ2) is 5.07. The van der Waals surface area contributed by atoms with Crippen molar-refractivity contribution in [3.05, 3.63) is 70.8 Å². The number of fused-ring (bicyclic) bond motifs is 1. The van der Waals surface area contributed by atoms with Gasteiger partial charge in [0.15, 0.2) is 17.9 Å². The van der Waals surface area contributed by atoms with E-state index in [1.165, 1.54) is 12.1 Å². The van der Waals surface area contributed by atoms with Gasteiger partial charge in [0.05, 0.1) is 13.2 Å². The van der Waals surface area contributed by atoms with Crippen LogP contribution >= 0.6 is 0 Å². The number of halogens is 2. The third-order valence-electron chi connectivity index (χ3n) is 3.13. The maximum Gasteiger partial charge on any atom is 0.187 e. The van der Waals surface area contributed by atoms with Crippen LogP contribution in [-0.2, 0) is 22.7 Å². The topological polar surface area (TPSA) is 18.5 Å². The molecule has 0 unspecified atom stereocenters. The Kier molecular flexibility index (Phi) is 3.27. The fourth-order valence-electron chi connectivity index (χ4n) is 2.10. The molecule has 98 valence electrons. The van der Waals surface area contributed by atoms with E-state index in [2.05, 4.69) is 0 Å². The van der Waals surface area contributed by atoms with Crippen molar-refractivity contribution in [2.75, 3.05) is 0 Å². The molecule has 0 aliphatic carbocycles. The molecular formula is C15H12F2O2. The van der Waals surface area contributed by atoms with Crippen molar-refractivity contribution >= 4 is 0 Å². The van der Waals surface area contributed by atoms with Gasteiger partial charge in [-0.1, -0.05) is 36.4 Å². The van der Waals surface area contributed by atoms with E-state index in [0.29, 0.717) is 13.2 Å². The van der Waals surface area contributed by atoms with Gasteiger partial charge < -0.3 is 9.47 Å². The standard InChI is InChI=1S/C15H12F2O2/c16-13-7-3-6-12(14(13)17)15-18-8-10-4-1-2-5-11(10)9-19-15/h1-7,15H,8-9H2. The van der Waals surface area contributed by atoms with Gasteiger partial charge >= 0.3 is 0 Å². The number of rotatable bonds is 1. The van der Waals surface area contributed by atoms with Crippen molar-refractivity contribution in [1.82, 2.24) is 0 Å². The molecule has 0 atom stereocenters. The summed E-state index contributed by atoms with van der Waals surface area (Å²) in [5.41, 5.74) is 2.09. The summed E-state index contributed by atoms with van der Waals surface area (Å²) in [6.07, 6.45) is -0.886. The van der Waals surface area contributed by atoms with Crippen molar-refractivity contribution in [3.8, 4) is 0 Å². The Morgan fingerprint density at radius 1 is 0.842 bits per heavy atom. The Bertz CT molecular complexity index is 571. The molecule has 0 N–H and O–H groups in total. The summed E-state index contributed by atoms with van der Waals surface area (Å²) in [6, 6.07) is 11.7. The van der Waals surface area contributed by atoms with Crippen molar-refractivity contribution in [2.24, 2.45) is 0 Å². The molecule has 0 aromatic heterocycles. The van der Waals surface area contributed by atoms with Crippen LogP contribution < -0.4 is 0 Å². The van der Waals surface area contributed by atoms with Crippen LogP contribution in [0.5, 0.6) is 0 Å². The summed E-state index contributed by atoms with van der Waals surface area (Å²) in [5.74, 6) is -1.81. The van der Waals surface area contributed by atoms with Gasteiger partial charge in [0, 0.05) is 5.56 Å². The summed E-state index contributed by atoms with van der Waals surface area (Å²) in [5, 5.41) is 0. The van der Waals surface area contributed by atoms with E-state index in [4.69, 9.17) is 9.47 Å². The van der Waals surface area contributed by atoms with E-state index in [9.17, 15) is 8.78 Å². The van der Waals surface area contributed by atoms with Gasteiger partial charge in [0.1, 0.15) is 0 Å². The molecule has 3 rings (SSSR count). The summed E-state index contributed by atoms with van der Waals surface area (Å²) >= 11 is 0. The summed E-state index contributed by atoms with van der Waals surface area (Å²) in [6.45, 7) is 0.633. The largest absolute Gasteiger partial charge is 0.344 e. The first-order valence-corrected chi connectivity index (χ1v) is 5.99. The minimum Gasteiger partial charge on any atom is -0.344 e. The van der Waals surface area contributed by atoms with Crippen LogP contribution in [0.15, 0.2) is 42.5 Å². The first-order chi connectivity index (χ1) is 9.25. The highest BCUT2D eigenvalue weighted by molar-refractivity contribution is 5.27. The summed E-state index contributed by atoms with van der Waals surface area (Å²) < 4.78 is 38.0. The lowest BCUT2D eigenvalue weighted by Gasteiger charge is -2.16. The zero-order valence-electron chi connectivity index (χ0n) is 10.1. The molecule has 0 bridgehead atoms. The smallest absolute Gasteiger partial charge is 0.187 e. The molecule has 0 saturated heterocycles. The molecule has 1 heterocycles. The lowest BCUT2D eigenvalue weighted by Crippen LogP contribution is -2.08. The van der Waals surface area contributed by atoms with Crippen molar-refractivity contribution in [1.29, 1.82) is 0 Å². The number of ether oxygens (including phenoxy) is 2. The fourth-order valence-corrected chi connectivity index (χ4v) is 2.10. The Morgan fingerprint density at radius 2 is 1.47 bits per heavy atom. The first-order valence-electron chi connectivity index (χ1n) is 5.99. The van der Waals surface area contributed by atoms with Gasteiger partial charge in [-0.15, -0.1) is 0 Å². The molecule has 19 heavy (non-hydrogen) atoms. The molecular weight excluding hydrogens is 250 g/mol. The second-order valence-electron chi connectivity index (χ2n) is 4.37. The molecule has 0 radical (unpaired) electrons. The predicted molar refractivity (Wildman–Crippen MR) is 65.1 cm³/mol. The SMILES string of the molecule is Fc1cccc(C2OCc3ccccc3CO2)c1F. The quantitative estimate of drug-likeness (QED) is 0.780. The summed E-state index contributed by atoms with van der Waals surface area (Å²) in [7, 11) is 0. The maximum absolute atomic E-state index is 13.7. The molecule has 1 aliphatic rings. The zero-order chi connectivity index (χ0) is 13.2. The molecule has 1 aliphatic heterocycles. The monoisotopic (exact) mass is 262 g/mol. The van der Waals surface area contributed by atoms with Crippen molar-refractivity contribution in [3.63, 3.8) is 0 Å². The number of benzene rings is 2. The Morgan fingerprint density at radius 3 is 2.11 bits per heavy atom. The van der Waals surface area contributed by atoms with Crippen LogP contribution in [0.4, 0.5) is 8.78 Å². The van der Waals surface area contributed by atoms with Crippen molar-refractivity contribution < 1.29 is 18.3 Å². The van der Waals surface area contributed by atoms with Gasteiger partial charge in [-0.05, 0) is 17.2 Å². The van der Waals surface area contributed by atoms with Gasteiger partial charge in [-0.2, -0.15) is 0 Å². The van der Waals surface area contributed by atoms with Gasteiger partial charge in [0.2, 0.25) is 0 Å². The number of hydrogen-bond donors (Lipinski definition) is 0. The minimum absolute atomic E-state index is 0.0906. The Hall–Kier alpha value is -1.78. The average Bonchev–Trinajstić information content (AvgIpc) is 2.65. The average molecular weight is 262 g/mol. The van der Waals surface area contributed by atoms with E-state index >= 15 is 0 Å². The van der Waals surface area contributed by atoms with Crippen molar-refractivity contribution in [2.45, 2.75) is 19.5 Å². The van der Waals surface area contributed by atoms with E-state index < -0.39 is 17.9 Å².